The van der Waals surface area contributed by atoms with Crippen LogP contribution >= 0.6 is 15.9 Å². The zero-order valence-electron chi connectivity index (χ0n) is 7.82. The average molecular weight is 274 g/mol. The van der Waals surface area contributed by atoms with Crippen molar-refractivity contribution < 1.29 is 9.31 Å². The SMILES string of the molecule is O=[N+]([O-])c1c(F)cccc1C=CCCBr. The van der Waals surface area contributed by atoms with E-state index in [0.717, 1.165) is 17.8 Å². The third-order valence-corrected chi connectivity index (χ3v) is 2.23. The number of para-hydroxylation sites is 1. The quantitative estimate of drug-likeness (QED) is 0.479. The van der Waals surface area contributed by atoms with Gasteiger partial charge in [0.2, 0.25) is 5.82 Å². The lowest BCUT2D eigenvalue weighted by Crippen LogP contribution is -1.95. The van der Waals surface area contributed by atoms with Crippen molar-refractivity contribution in [3.8, 4) is 0 Å². The van der Waals surface area contributed by atoms with Crippen molar-refractivity contribution >= 4 is 27.7 Å². The van der Waals surface area contributed by atoms with E-state index in [1.807, 2.05) is 0 Å². The molecule has 0 unspecified atom stereocenters. The fraction of sp³-hybridized carbons (Fsp3) is 0.200. The van der Waals surface area contributed by atoms with Gasteiger partial charge in [-0.15, -0.1) is 0 Å². The summed E-state index contributed by atoms with van der Waals surface area (Å²) in [6.45, 7) is 0. The van der Waals surface area contributed by atoms with Crippen LogP contribution < -0.4 is 0 Å². The minimum Gasteiger partial charge on any atom is -0.258 e. The zero-order chi connectivity index (χ0) is 11.3. The maximum Gasteiger partial charge on any atom is 0.311 e. The van der Waals surface area contributed by atoms with Crippen LogP contribution in [-0.2, 0) is 0 Å². The zero-order valence-corrected chi connectivity index (χ0v) is 9.41. The molecule has 0 saturated heterocycles. The lowest BCUT2D eigenvalue weighted by molar-refractivity contribution is -0.387. The van der Waals surface area contributed by atoms with Crippen molar-refractivity contribution in [1.82, 2.24) is 0 Å². The molecule has 0 fully saturated rings. The average Bonchev–Trinajstić information content (AvgIpc) is 2.17. The Labute approximate surface area is 94.9 Å². The number of nitrogens with zero attached hydrogens (tertiary/aromatic N) is 1. The smallest absolute Gasteiger partial charge is 0.258 e. The van der Waals surface area contributed by atoms with Gasteiger partial charge >= 0.3 is 5.69 Å². The van der Waals surface area contributed by atoms with Crippen molar-refractivity contribution in [2.45, 2.75) is 6.42 Å². The first-order valence-electron chi connectivity index (χ1n) is 4.32. The van der Waals surface area contributed by atoms with E-state index in [0.29, 0.717) is 5.56 Å². The first-order chi connectivity index (χ1) is 7.16. The minimum absolute atomic E-state index is 0.293. The molecule has 0 radical (unpaired) electrons. The third-order valence-electron chi connectivity index (χ3n) is 1.77. The van der Waals surface area contributed by atoms with Crippen molar-refractivity contribution in [2.75, 3.05) is 5.33 Å². The molecule has 0 aliphatic heterocycles. The number of rotatable bonds is 4. The van der Waals surface area contributed by atoms with Crippen LogP contribution in [0.25, 0.3) is 6.08 Å². The van der Waals surface area contributed by atoms with E-state index in [9.17, 15) is 14.5 Å². The van der Waals surface area contributed by atoms with Crippen LogP contribution in [0.2, 0.25) is 0 Å². The number of nitro groups is 1. The van der Waals surface area contributed by atoms with Crippen LogP contribution in [0.1, 0.15) is 12.0 Å². The summed E-state index contributed by atoms with van der Waals surface area (Å²) in [7, 11) is 0. The highest BCUT2D eigenvalue weighted by Crippen LogP contribution is 2.23. The van der Waals surface area contributed by atoms with Gasteiger partial charge in [0.1, 0.15) is 0 Å². The van der Waals surface area contributed by atoms with Crippen LogP contribution in [0.4, 0.5) is 10.1 Å². The Morgan fingerprint density at radius 2 is 2.27 bits per heavy atom. The van der Waals surface area contributed by atoms with Gasteiger partial charge in [-0.1, -0.05) is 34.1 Å². The molecule has 1 rings (SSSR count). The molecule has 0 spiro atoms. The maximum atomic E-state index is 13.1. The van der Waals surface area contributed by atoms with Crippen LogP contribution in [0.15, 0.2) is 24.3 Å². The molecule has 3 nitrogen and oxygen atoms in total. The number of benzene rings is 1. The molecular weight excluding hydrogens is 265 g/mol. The summed E-state index contributed by atoms with van der Waals surface area (Å²) in [4.78, 5) is 9.89. The second-order valence-corrected chi connectivity index (χ2v) is 3.61. The molecule has 0 aromatic heterocycles. The van der Waals surface area contributed by atoms with E-state index in [-0.39, 0.29) is 0 Å². The van der Waals surface area contributed by atoms with E-state index < -0.39 is 16.4 Å². The largest absolute Gasteiger partial charge is 0.311 e. The van der Waals surface area contributed by atoms with Crippen molar-refractivity contribution in [2.24, 2.45) is 0 Å². The minimum atomic E-state index is -0.805. The first kappa shape index (κ1) is 11.8. The number of hydrogen-bond acceptors (Lipinski definition) is 2. The van der Waals surface area contributed by atoms with Crippen molar-refractivity contribution in [3.63, 3.8) is 0 Å². The summed E-state index contributed by atoms with van der Waals surface area (Å²) in [6, 6.07) is 4.06. The summed E-state index contributed by atoms with van der Waals surface area (Å²) in [5, 5.41) is 11.4. The van der Waals surface area contributed by atoms with Gasteiger partial charge in [-0.3, -0.25) is 10.1 Å². The lowest BCUT2D eigenvalue weighted by Gasteiger charge is -1.97. The highest BCUT2D eigenvalue weighted by Gasteiger charge is 2.17. The predicted octanol–water partition coefficient (Wildman–Crippen LogP) is 3.53. The summed E-state index contributed by atoms with van der Waals surface area (Å²) in [5.74, 6) is -0.805. The van der Waals surface area contributed by atoms with E-state index in [1.54, 1.807) is 12.2 Å². The van der Waals surface area contributed by atoms with Gasteiger partial charge in [-0.05, 0) is 18.6 Å². The standard InChI is InChI=1S/C10H9BrFNO2/c11-7-2-1-4-8-5-3-6-9(12)10(8)13(14)15/h1,3-6H,2,7H2. The molecule has 0 saturated carbocycles. The third kappa shape index (κ3) is 3.13. The number of allylic oxidation sites excluding steroid dienone is 1. The molecule has 0 amide bonds. The van der Waals surface area contributed by atoms with E-state index in [4.69, 9.17) is 0 Å². The van der Waals surface area contributed by atoms with Gasteiger partial charge < -0.3 is 0 Å². The van der Waals surface area contributed by atoms with Crippen LogP contribution in [0.5, 0.6) is 0 Å². The topological polar surface area (TPSA) is 43.1 Å². The molecule has 5 heteroatoms. The van der Waals surface area contributed by atoms with Crippen LogP contribution in [0.3, 0.4) is 0 Å². The Kier molecular flexibility index (Phi) is 4.42. The van der Waals surface area contributed by atoms with E-state index in [2.05, 4.69) is 15.9 Å². The molecular formula is C10H9BrFNO2. The Hall–Kier alpha value is -1.23. The second kappa shape index (κ2) is 5.60. The number of alkyl halides is 1. The van der Waals surface area contributed by atoms with Gasteiger partial charge in [0, 0.05) is 5.33 Å². The highest BCUT2D eigenvalue weighted by atomic mass is 79.9. The molecule has 0 atom stereocenters. The van der Waals surface area contributed by atoms with Gasteiger partial charge in [-0.2, -0.15) is 4.39 Å². The molecule has 0 heterocycles. The Bertz CT molecular complexity index is 393. The second-order valence-electron chi connectivity index (χ2n) is 2.81. The van der Waals surface area contributed by atoms with Crippen molar-refractivity contribution in [3.05, 3.63) is 45.8 Å². The molecule has 0 aliphatic rings. The summed E-state index contributed by atoms with van der Waals surface area (Å²) in [6.07, 6.45) is 4.06. The monoisotopic (exact) mass is 273 g/mol. The Balaban J connectivity index is 3.06. The first-order valence-corrected chi connectivity index (χ1v) is 5.44. The summed E-state index contributed by atoms with van der Waals surface area (Å²) in [5.41, 5.74) is -0.177. The molecule has 0 N–H and O–H groups in total. The highest BCUT2D eigenvalue weighted by molar-refractivity contribution is 9.09. The fourth-order valence-corrected chi connectivity index (χ4v) is 1.40. The molecule has 80 valence electrons. The van der Waals surface area contributed by atoms with Gasteiger partial charge in [0.15, 0.2) is 0 Å². The fourth-order valence-electron chi connectivity index (χ4n) is 1.13. The molecule has 0 aliphatic carbocycles. The van der Waals surface area contributed by atoms with Crippen LogP contribution in [0, 0.1) is 15.9 Å². The predicted molar refractivity (Wildman–Crippen MR) is 60.5 cm³/mol. The Morgan fingerprint density at radius 1 is 1.53 bits per heavy atom. The molecule has 1 aromatic carbocycles. The molecule has 1 aromatic rings. The molecule has 15 heavy (non-hydrogen) atoms. The van der Waals surface area contributed by atoms with E-state index >= 15 is 0 Å². The summed E-state index contributed by atoms with van der Waals surface area (Å²) >= 11 is 3.23. The van der Waals surface area contributed by atoms with Crippen LogP contribution in [-0.4, -0.2) is 10.3 Å². The van der Waals surface area contributed by atoms with Gasteiger partial charge in [-0.25, -0.2) is 0 Å². The Morgan fingerprint density at radius 3 is 2.87 bits per heavy atom. The summed E-state index contributed by atoms with van der Waals surface area (Å²) < 4.78 is 13.1. The maximum absolute atomic E-state index is 13.1. The van der Waals surface area contributed by atoms with Gasteiger partial charge in [0.25, 0.3) is 0 Å². The number of halogens is 2. The number of nitro benzene ring substituents is 1. The van der Waals surface area contributed by atoms with Crippen molar-refractivity contribution in [1.29, 1.82) is 0 Å². The molecule has 0 bridgehead atoms. The lowest BCUT2D eigenvalue weighted by atomic mass is 10.1. The van der Waals surface area contributed by atoms with Gasteiger partial charge in [0.05, 0.1) is 10.5 Å². The number of hydrogen-bond donors (Lipinski definition) is 0. The van der Waals surface area contributed by atoms with E-state index in [1.165, 1.54) is 12.1 Å². The normalized spacial score (nSPS) is 10.8.